The van der Waals surface area contributed by atoms with Crippen molar-refractivity contribution < 1.29 is 4.39 Å². The van der Waals surface area contributed by atoms with Crippen molar-refractivity contribution in [2.24, 2.45) is 5.73 Å². The first-order valence-corrected chi connectivity index (χ1v) is 10.7. The lowest BCUT2D eigenvalue weighted by molar-refractivity contribution is 0.578. The number of thiol groups is 1. The fourth-order valence-electron chi connectivity index (χ4n) is 3.13. The fraction of sp³-hybridized carbons (Fsp3) is 0.200. The number of hydrogen-bond acceptors (Lipinski definition) is 6. The third-order valence-corrected chi connectivity index (χ3v) is 5.43. The summed E-state index contributed by atoms with van der Waals surface area (Å²) in [5, 5.41) is 19.6. The molecule has 0 saturated carbocycles. The van der Waals surface area contributed by atoms with E-state index in [2.05, 4.69) is 11.9 Å². The van der Waals surface area contributed by atoms with Gasteiger partial charge >= 0.3 is 0 Å². The average molecular weight is 450 g/mol. The molecule has 0 radical (unpaired) electrons. The van der Waals surface area contributed by atoms with E-state index in [-0.39, 0.29) is 11.6 Å². The zero-order valence-corrected chi connectivity index (χ0v) is 18.7. The molecule has 0 amide bonds. The lowest BCUT2D eigenvalue weighted by Crippen LogP contribution is -2.20. The lowest BCUT2D eigenvalue weighted by atomic mass is 9.98. The minimum atomic E-state index is -0.596. The fourth-order valence-corrected chi connectivity index (χ4v) is 3.48. The smallest absolute Gasteiger partial charge is 0.141 e. The Bertz CT molecular complexity index is 1070. The van der Waals surface area contributed by atoms with E-state index in [9.17, 15) is 4.39 Å². The molecule has 0 bridgehead atoms. The highest BCUT2D eigenvalue weighted by atomic mass is 32.1. The van der Waals surface area contributed by atoms with E-state index < -0.39 is 5.82 Å². The Kier molecular flexibility index (Phi) is 9.74. The monoisotopic (exact) mass is 449 g/mol. The standard InChI is InChI=1S/C25H28FN5S/c1-2-31-12-4-6-21(29)5-3-7-22(17-8-9-19(15-27)23(26)14-17)25(32)18-10-11-24(30)20(13-18)16-28/h2-3,7-11,13-14,16,21,28,31-32H,1,4-6,12,29-30H2/b7-3+,25-22+,28-16?. The second-order valence-electron chi connectivity index (χ2n) is 7.26. The number of nitrogen functional groups attached to an aromatic ring is 1. The van der Waals surface area contributed by atoms with Crippen LogP contribution in [0, 0.1) is 22.6 Å². The zero-order valence-electron chi connectivity index (χ0n) is 17.8. The minimum Gasteiger partial charge on any atom is -0.398 e. The normalized spacial score (nSPS) is 12.7. The van der Waals surface area contributed by atoms with E-state index in [0.717, 1.165) is 24.9 Å². The molecular weight excluding hydrogens is 421 g/mol. The molecule has 0 saturated heterocycles. The molecule has 0 fully saturated rings. The summed E-state index contributed by atoms with van der Waals surface area (Å²) in [5.74, 6) is -0.596. The quantitative estimate of drug-likeness (QED) is 0.0842. The van der Waals surface area contributed by atoms with Gasteiger partial charge in [0.25, 0.3) is 0 Å². The Balaban J connectivity index is 2.38. The first kappa shape index (κ1) is 24.9. The van der Waals surface area contributed by atoms with Crippen molar-refractivity contribution in [2.45, 2.75) is 25.3 Å². The molecule has 0 spiro atoms. The van der Waals surface area contributed by atoms with Gasteiger partial charge in [-0.2, -0.15) is 5.26 Å². The van der Waals surface area contributed by atoms with Crippen LogP contribution in [0.25, 0.3) is 10.5 Å². The van der Waals surface area contributed by atoms with E-state index in [0.29, 0.717) is 33.7 Å². The van der Waals surface area contributed by atoms with Gasteiger partial charge in [-0.3, -0.25) is 0 Å². The molecule has 0 heterocycles. The lowest BCUT2D eigenvalue weighted by Gasteiger charge is -2.12. The van der Waals surface area contributed by atoms with Crippen molar-refractivity contribution >= 4 is 35.0 Å². The maximum absolute atomic E-state index is 14.3. The first-order chi connectivity index (χ1) is 15.4. The van der Waals surface area contributed by atoms with Gasteiger partial charge in [0, 0.05) is 35.0 Å². The Morgan fingerprint density at radius 1 is 1.28 bits per heavy atom. The number of nitrogens with two attached hydrogens (primary N) is 2. The highest BCUT2D eigenvalue weighted by molar-refractivity contribution is 7.90. The highest BCUT2D eigenvalue weighted by Gasteiger charge is 2.11. The van der Waals surface area contributed by atoms with Crippen LogP contribution < -0.4 is 16.8 Å². The number of halogens is 1. The molecule has 1 unspecified atom stereocenters. The van der Waals surface area contributed by atoms with Crippen LogP contribution in [0.15, 0.2) is 61.3 Å². The van der Waals surface area contributed by atoms with Gasteiger partial charge in [-0.05, 0) is 66.4 Å². The number of allylic oxidation sites excluding steroid dienone is 2. The van der Waals surface area contributed by atoms with Gasteiger partial charge in [0.05, 0.1) is 5.56 Å². The van der Waals surface area contributed by atoms with Gasteiger partial charge in [0.2, 0.25) is 0 Å². The molecule has 0 aliphatic carbocycles. The number of nitrogens with zero attached hydrogens (tertiary/aromatic N) is 1. The van der Waals surface area contributed by atoms with Gasteiger partial charge in [0.15, 0.2) is 0 Å². The summed E-state index contributed by atoms with van der Waals surface area (Å²) >= 11 is 4.71. The Labute approximate surface area is 194 Å². The SMILES string of the molecule is C=CNCCCC(N)C/C=C/C(=C(\S)c1ccc(N)c(C=N)c1)c1ccc(C#N)c(F)c1. The molecule has 0 aromatic heterocycles. The van der Waals surface area contributed by atoms with Crippen LogP contribution in [0.3, 0.4) is 0 Å². The van der Waals surface area contributed by atoms with Crippen molar-refractivity contribution in [3.63, 3.8) is 0 Å². The number of nitriles is 1. The van der Waals surface area contributed by atoms with Gasteiger partial charge < -0.3 is 22.2 Å². The molecule has 32 heavy (non-hydrogen) atoms. The highest BCUT2D eigenvalue weighted by Crippen LogP contribution is 2.32. The number of anilines is 1. The van der Waals surface area contributed by atoms with Gasteiger partial charge in [-0.1, -0.05) is 30.9 Å². The van der Waals surface area contributed by atoms with Gasteiger partial charge in [-0.25, -0.2) is 4.39 Å². The molecule has 2 rings (SSSR count). The van der Waals surface area contributed by atoms with Crippen molar-refractivity contribution in [3.8, 4) is 6.07 Å². The van der Waals surface area contributed by atoms with E-state index in [1.165, 1.54) is 18.3 Å². The molecule has 6 N–H and O–H groups in total. The third-order valence-electron chi connectivity index (χ3n) is 4.94. The van der Waals surface area contributed by atoms with Crippen LogP contribution >= 0.6 is 12.6 Å². The van der Waals surface area contributed by atoms with Gasteiger partial charge in [-0.15, -0.1) is 12.6 Å². The number of nitrogens with one attached hydrogen (secondary N) is 2. The summed E-state index contributed by atoms with van der Waals surface area (Å²) in [5.41, 5.74) is 15.1. The van der Waals surface area contributed by atoms with Crippen LogP contribution in [0.2, 0.25) is 0 Å². The molecular formula is C25H28FN5S. The molecule has 2 aromatic carbocycles. The molecule has 7 heteroatoms. The van der Waals surface area contributed by atoms with Crippen LogP contribution in [0.5, 0.6) is 0 Å². The predicted octanol–water partition coefficient (Wildman–Crippen LogP) is 4.86. The molecule has 0 aliphatic heterocycles. The predicted molar refractivity (Wildman–Crippen MR) is 135 cm³/mol. The van der Waals surface area contributed by atoms with E-state index in [1.54, 1.807) is 30.5 Å². The summed E-state index contributed by atoms with van der Waals surface area (Å²) in [6, 6.07) is 11.6. The number of rotatable bonds is 11. The number of hydrogen-bond donors (Lipinski definition) is 5. The Morgan fingerprint density at radius 3 is 2.69 bits per heavy atom. The van der Waals surface area contributed by atoms with Crippen molar-refractivity contribution in [3.05, 3.63) is 89.4 Å². The van der Waals surface area contributed by atoms with Crippen molar-refractivity contribution in [1.82, 2.24) is 5.32 Å². The Hall–Kier alpha value is -3.34. The van der Waals surface area contributed by atoms with Crippen molar-refractivity contribution in [2.75, 3.05) is 12.3 Å². The summed E-state index contributed by atoms with van der Waals surface area (Å²) in [6.45, 7) is 4.44. The molecule has 2 aromatic rings. The maximum atomic E-state index is 14.3. The average Bonchev–Trinajstić information content (AvgIpc) is 2.79. The topological polar surface area (TPSA) is 112 Å². The van der Waals surface area contributed by atoms with Crippen LogP contribution in [-0.2, 0) is 0 Å². The summed E-state index contributed by atoms with van der Waals surface area (Å²) in [6.07, 6.45) is 9.08. The van der Waals surface area contributed by atoms with Crippen LogP contribution in [0.4, 0.5) is 10.1 Å². The van der Waals surface area contributed by atoms with E-state index >= 15 is 0 Å². The maximum Gasteiger partial charge on any atom is 0.141 e. The van der Waals surface area contributed by atoms with Gasteiger partial charge in [0.1, 0.15) is 11.9 Å². The van der Waals surface area contributed by atoms with E-state index in [1.807, 2.05) is 18.2 Å². The molecule has 5 nitrogen and oxygen atoms in total. The Morgan fingerprint density at radius 2 is 2.03 bits per heavy atom. The number of benzene rings is 2. The van der Waals surface area contributed by atoms with Crippen LogP contribution in [-0.4, -0.2) is 18.8 Å². The minimum absolute atomic E-state index is 0.0128. The molecule has 1 atom stereocenters. The summed E-state index contributed by atoms with van der Waals surface area (Å²) in [7, 11) is 0. The van der Waals surface area contributed by atoms with Crippen molar-refractivity contribution in [1.29, 1.82) is 10.7 Å². The first-order valence-electron chi connectivity index (χ1n) is 10.2. The van der Waals surface area contributed by atoms with Crippen LogP contribution in [0.1, 0.15) is 41.5 Å². The second-order valence-corrected chi connectivity index (χ2v) is 7.70. The molecule has 166 valence electrons. The third kappa shape index (κ3) is 6.84. The largest absolute Gasteiger partial charge is 0.398 e. The zero-order chi connectivity index (χ0) is 23.5. The summed E-state index contributed by atoms with van der Waals surface area (Å²) in [4.78, 5) is 0.595. The second kappa shape index (κ2) is 12.5. The van der Waals surface area contributed by atoms with E-state index in [4.69, 9.17) is 34.8 Å². The summed E-state index contributed by atoms with van der Waals surface area (Å²) < 4.78 is 14.3. The molecule has 0 aliphatic rings.